The summed E-state index contributed by atoms with van der Waals surface area (Å²) in [6, 6.07) is 4.95. The molecule has 0 amide bonds. The van der Waals surface area contributed by atoms with E-state index in [9.17, 15) is 24.5 Å². The van der Waals surface area contributed by atoms with E-state index in [1.807, 2.05) is 13.0 Å². The van der Waals surface area contributed by atoms with E-state index >= 15 is 0 Å². The lowest BCUT2D eigenvalue weighted by atomic mass is 9.85. The van der Waals surface area contributed by atoms with Crippen molar-refractivity contribution in [2.45, 2.75) is 83.0 Å². The van der Waals surface area contributed by atoms with Crippen LogP contribution in [-0.2, 0) is 4.79 Å². The molecule has 2 rings (SSSR count). The number of aliphatic carboxylic acids is 1. The van der Waals surface area contributed by atoms with Gasteiger partial charge >= 0.3 is 5.97 Å². The second-order valence-corrected chi connectivity index (χ2v) is 8.57. The Labute approximate surface area is 178 Å². The second-order valence-electron chi connectivity index (χ2n) is 8.57. The zero-order valence-electron chi connectivity index (χ0n) is 17.7. The fourth-order valence-corrected chi connectivity index (χ4v) is 4.43. The highest BCUT2D eigenvalue weighted by Gasteiger charge is 2.40. The van der Waals surface area contributed by atoms with Crippen LogP contribution in [0.1, 0.15) is 68.9 Å². The predicted octanol–water partition coefficient (Wildman–Crippen LogP) is 4.07. The van der Waals surface area contributed by atoms with Gasteiger partial charge in [-0.3, -0.25) is 4.79 Å². The summed E-state index contributed by atoms with van der Waals surface area (Å²) in [5.74, 6) is -1.18. The molecule has 168 valence electrons. The number of carboxylic acids is 1. The molecule has 0 saturated heterocycles. The molecule has 0 aromatic heterocycles. The largest absolute Gasteiger partial charge is 0.481 e. The summed E-state index contributed by atoms with van der Waals surface area (Å²) in [6.07, 6.45) is 6.95. The van der Waals surface area contributed by atoms with Crippen LogP contribution in [0.2, 0.25) is 0 Å². The molecular formula is C24H35FO5. The van der Waals surface area contributed by atoms with Crippen LogP contribution in [0.15, 0.2) is 24.3 Å². The van der Waals surface area contributed by atoms with Gasteiger partial charge in [-0.25, -0.2) is 4.39 Å². The Bertz CT molecular complexity index is 705. The topological polar surface area (TPSA) is 98.0 Å². The van der Waals surface area contributed by atoms with Gasteiger partial charge in [0.2, 0.25) is 0 Å². The fraction of sp³-hybridized carbons (Fsp3) is 0.625. The number of hydrogen-bond acceptors (Lipinski definition) is 4. The molecule has 0 aliphatic heterocycles. The quantitative estimate of drug-likeness (QED) is 0.381. The smallest absolute Gasteiger partial charge is 0.303 e. The van der Waals surface area contributed by atoms with Crippen molar-refractivity contribution in [3.8, 4) is 0 Å². The Morgan fingerprint density at radius 1 is 1.13 bits per heavy atom. The van der Waals surface area contributed by atoms with Gasteiger partial charge in [0.15, 0.2) is 0 Å². The average Bonchev–Trinajstić information content (AvgIpc) is 2.94. The number of carbonyl (C=O) groups is 1. The van der Waals surface area contributed by atoms with Gasteiger partial charge in [-0.1, -0.05) is 43.5 Å². The Kier molecular flexibility index (Phi) is 9.95. The number of aliphatic hydroxyl groups excluding tert-OH is 3. The van der Waals surface area contributed by atoms with Gasteiger partial charge in [-0.2, -0.15) is 0 Å². The summed E-state index contributed by atoms with van der Waals surface area (Å²) >= 11 is 0. The van der Waals surface area contributed by atoms with Crippen molar-refractivity contribution in [2.75, 3.05) is 0 Å². The standard InChI is InChI=1S/C24H35FO5/c1-16-8-9-17(21(25)14-16)10-11-18(26)12-13-20-19(22(27)15-23(20)28)6-4-2-3-5-7-24(29)30/h8-11,14,18-20,22-23,26-28H,2-7,12-13,15H2,1H3,(H,29,30)/b11-10+/t18?,19-,20-,22+,23-/m1/s1. The molecule has 0 bridgehead atoms. The molecule has 1 aromatic carbocycles. The minimum Gasteiger partial charge on any atom is -0.481 e. The molecule has 1 fully saturated rings. The van der Waals surface area contributed by atoms with E-state index in [0.29, 0.717) is 31.2 Å². The summed E-state index contributed by atoms with van der Waals surface area (Å²) in [4.78, 5) is 10.5. The highest BCUT2D eigenvalue weighted by atomic mass is 19.1. The molecule has 1 aromatic rings. The summed E-state index contributed by atoms with van der Waals surface area (Å²) in [6.45, 7) is 1.82. The van der Waals surface area contributed by atoms with Crippen LogP contribution in [0.25, 0.3) is 6.08 Å². The molecular weight excluding hydrogens is 387 g/mol. The first-order valence-electron chi connectivity index (χ1n) is 11.0. The Hall–Kier alpha value is -1.76. The maximum absolute atomic E-state index is 13.9. The van der Waals surface area contributed by atoms with Crippen LogP contribution in [0.4, 0.5) is 4.39 Å². The molecule has 1 aliphatic carbocycles. The van der Waals surface area contributed by atoms with E-state index in [2.05, 4.69) is 0 Å². The Balaban J connectivity index is 1.79. The van der Waals surface area contributed by atoms with Crippen LogP contribution in [-0.4, -0.2) is 44.7 Å². The lowest BCUT2D eigenvalue weighted by Gasteiger charge is -2.24. The predicted molar refractivity (Wildman–Crippen MR) is 114 cm³/mol. The van der Waals surface area contributed by atoms with Crippen molar-refractivity contribution >= 4 is 12.0 Å². The number of unbranched alkanes of at least 4 members (excludes halogenated alkanes) is 3. The summed E-state index contributed by atoms with van der Waals surface area (Å²) in [5, 5.41) is 39.6. The normalized spacial score (nSPS) is 25.1. The third-order valence-electron chi connectivity index (χ3n) is 6.15. The van der Waals surface area contributed by atoms with E-state index < -0.39 is 24.3 Å². The van der Waals surface area contributed by atoms with Crippen LogP contribution >= 0.6 is 0 Å². The van der Waals surface area contributed by atoms with Gasteiger partial charge in [0.25, 0.3) is 0 Å². The zero-order chi connectivity index (χ0) is 22.1. The molecule has 5 nitrogen and oxygen atoms in total. The summed E-state index contributed by atoms with van der Waals surface area (Å²) in [7, 11) is 0. The second kappa shape index (κ2) is 12.2. The molecule has 4 N–H and O–H groups in total. The zero-order valence-corrected chi connectivity index (χ0v) is 17.7. The maximum atomic E-state index is 13.9. The van der Waals surface area contributed by atoms with E-state index in [4.69, 9.17) is 5.11 Å². The van der Waals surface area contributed by atoms with Crippen molar-refractivity contribution in [2.24, 2.45) is 11.8 Å². The van der Waals surface area contributed by atoms with E-state index in [1.54, 1.807) is 18.2 Å². The highest BCUT2D eigenvalue weighted by molar-refractivity contribution is 5.66. The number of rotatable bonds is 12. The molecule has 6 heteroatoms. The molecule has 30 heavy (non-hydrogen) atoms. The van der Waals surface area contributed by atoms with E-state index in [1.165, 1.54) is 6.07 Å². The first-order chi connectivity index (χ1) is 14.3. The van der Waals surface area contributed by atoms with Crippen molar-refractivity contribution in [1.29, 1.82) is 0 Å². The van der Waals surface area contributed by atoms with Gasteiger partial charge in [0.05, 0.1) is 18.3 Å². The number of carboxylic acid groups (broad SMARTS) is 1. The van der Waals surface area contributed by atoms with Crippen molar-refractivity contribution in [1.82, 2.24) is 0 Å². The van der Waals surface area contributed by atoms with Gasteiger partial charge in [0.1, 0.15) is 5.82 Å². The SMILES string of the molecule is Cc1ccc(/C=C/C(O)CC[C@@H]2[C@@H](CCCCCCC(=O)O)[C@@H](O)C[C@H]2O)c(F)c1. The third kappa shape index (κ3) is 7.82. The van der Waals surface area contributed by atoms with Crippen LogP contribution in [0.5, 0.6) is 0 Å². The van der Waals surface area contributed by atoms with Gasteiger partial charge in [-0.05, 0) is 62.5 Å². The third-order valence-corrected chi connectivity index (χ3v) is 6.15. The van der Waals surface area contributed by atoms with Gasteiger partial charge in [-0.15, -0.1) is 0 Å². The van der Waals surface area contributed by atoms with Crippen molar-refractivity contribution in [3.05, 3.63) is 41.2 Å². The minimum absolute atomic E-state index is 0.00908. The van der Waals surface area contributed by atoms with Crippen LogP contribution in [0, 0.1) is 24.6 Å². The number of hydrogen-bond donors (Lipinski definition) is 4. The summed E-state index contributed by atoms with van der Waals surface area (Å²) in [5.41, 5.74) is 1.27. The monoisotopic (exact) mass is 422 g/mol. The Morgan fingerprint density at radius 3 is 2.47 bits per heavy atom. The van der Waals surface area contributed by atoms with Crippen molar-refractivity contribution < 1.29 is 29.6 Å². The molecule has 5 atom stereocenters. The van der Waals surface area contributed by atoms with Gasteiger partial charge < -0.3 is 20.4 Å². The number of benzene rings is 1. The number of aliphatic hydroxyl groups is 3. The molecule has 1 saturated carbocycles. The summed E-state index contributed by atoms with van der Waals surface area (Å²) < 4.78 is 13.9. The van der Waals surface area contributed by atoms with Crippen molar-refractivity contribution in [3.63, 3.8) is 0 Å². The van der Waals surface area contributed by atoms with E-state index in [-0.39, 0.29) is 24.1 Å². The van der Waals surface area contributed by atoms with Crippen LogP contribution in [0.3, 0.4) is 0 Å². The number of aryl methyl sites for hydroxylation is 1. The molecule has 1 unspecified atom stereocenters. The first kappa shape index (κ1) is 24.5. The van der Waals surface area contributed by atoms with Gasteiger partial charge in [0, 0.05) is 12.0 Å². The number of halogens is 1. The highest BCUT2D eigenvalue weighted by Crippen LogP contribution is 2.39. The minimum atomic E-state index is -0.776. The maximum Gasteiger partial charge on any atom is 0.303 e. The fourth-order valence-electron chi connectivity index (χ4n) is 4.43. The average molecular weight is 423 g/mol. The van der Waals surface area contributed by atoms with Crippen LogP contribution < -0.4 is 0 Å². The molecule has 1 aliphatic rings. The molecule has 0 heterocycles. The molecule has 0 spiro atoms. The Morgan fingerprint density at radius 2 is 1.80 bits per heavy atom. The van der Waals surface area contributed by atoms with E-state index in [0.717, 1.165) is 31.2 Å². The first-order valence-corrected chi connectivity index (χ1v) is 11.0. The molecule has 0 radical (unpaired) electrons. The lowest BCUT2D eigenvalue weighted by Crippen LogP contribution is -2.23. The lowest BCUT2D eigenvalue weighted by molar-refractivity contribution is -0.137.